The Kier molecular flexibility index (Phi) is 5.03. The molecule has 0 fully saturated rings. The topological polar surface area (TPSA) is 83.1 Å². The van der Waals surface area contributed by atoms with Gasteiger partial charge in [0.25, 0.3) is 0 Å². The number of fused-ring (bicyclic) bond motifs is 1. The van der Waals surface area contributed by atoms with Crippen LogP contribution in [-0.2, 0) is 16.6 Å². The molecule has 0 spiro atoms. The lowest BCUT2D eigenvalue weighted by Gasteiger charge is -2.16. The Morgan fingerprint density at radius 1 is 1.07 bits per heavy atom. The van der Waals surface area contributed by atoms with Crippen LogP contribution < -0.4 is 5.32 Å². The maximum absolute atomic E-state index is 12.4. The summed E-state index contributed by atoms with van der Waals surface area (Å²) in [6.07, 6.45) is 3.69. The number of amides is 1. The Bertz CT molecular complexity index is 1230. The van der Waals surface area contributed by atoms with Crippen molar-refractivity contribution in [2.45, 2.75) is 25.7 Å². The molecule has 0 aliphatic rings. The van der Waals surface area contributed by atoms with Gasteiger partial charge in [0.2, 0.25) is 5.91 Å². The molecule has 6 nitrogen and oxygen atoms in total. The third-order valence-corrected chi connectivity index (χ3v) is 5.10. The molecule has 4 aromatic rings. The monoisotopic (exact) mass is 395 g/mol. The third kappa shape index (κ3) is 4.06. The van der Waals surface area contributed by atoms with Crippen LogP contribution in [0.3, 0.4) is 0 Å². The number of carbonyl (C=O) groups is 1. The highest BCUT2D eigenvalue weighted by Gasteiger charge is 2.19. The standard InChI is InChI=1S/C24H21N5O/c1-24(2,15-25)20-7-9-21(10-8-20)28-23(30)13-17-3-5-18(6-4-17)19-11-12-29-22(14-19)26-16-27-29/h3-12,14,16H,13H2,1-2H3,(H,28,30). The summed E-state index contributed by atoms with van der Waals surface area (Å²) in [5.41, 5.74) is 4.91. The summed E-state index contributed by atoms with van der Waals surface area (Å²) in [6, 6.07) is 21.6. The quantitative estimate of drug-likeness (QED) is 0.544. The van der Waals surface area contributed by atoms with E-state index in [4.69, 9.17) is 0 Å². The van der Waals surface area contributed by atoms with Crippen LogP contribution in [0.5, 0.6) is 0 Å². The van der Waals surface area contributed by atoms with Gasteiger partial charge in [-0.2, -0.15) is 10.4 Å². The van der Waals surface area contributed by atoms with Crippen LogP contribution in [0.25, 0.3) is 16.8 Å². The predicted molar refractivity (Wildman–Crippen MR) is 116 cm³/mol. The maximum atomic E-state index is 12.4. The summed E-state index contributed by atoms with van der Waals surface area (Å²) in [4.78, 5) is 16.6. The molecule has 1 amide bonds. The van der Waals surface area contributed by atoms with Gasteiger partial charge in [-0.05, 0) is 60.4 Å². The van der Waals surface area contributed by atoms with E-state index >= 15 is 0 Å². The molecule has 0 aliphatic heterocycles. The first kappa shape index (κ1) is 19.3. The van der Waals surface area contributed by atoms with Crippen molar-refractivity contribution in [3.8, 4) is 17.2 Å². The van der Waals surface area contributed by atoms with E-state index in [1.165, 1.54) is 6.33 Å². The van der Waals surface area contributed by atoms with Crippen LogP contribution in [0.2, 0.25) is 0 Å². The number of nitriles is 1. The fourth-order valence-electron chi connectivity index (χ4n) is 3.24. The second kappa shape index (κ2) is 7.80. The zero-order valence-corrected chi connectivity index (χ0v) is 16.8. The average Bonchev–Trinajstić information content (AvgIpc) is 3.22. The first-order valence-corrected chi connectivity index (χ1v) is 9.65. The van der Waals surface area contributed by atoms with Crippen molar-refractivity contribution in [3.63, 3.8) is 0 Å². The fourth-order valence-corrected chi connectivity index (χ4v) is 3.24. The predicted octanol–water partition coefficient (Wildman–Crippen LogP) is 4.38. The molecule has 0 bridgehead atoms. The molecule has 0 atom stereocenters. The van der Waals surface area contributed by atoms with Gasteiger partial charge in [0.05, 0.1) is 17.9 Å². The Labute approximate surface area is 174 Å². The molecule has 4 rings (SSSR count). The van der Waals surface area contributed by atoms with Crippen LogP contribution >= 0.6 is 0 Å². The van der Waals surface area contributed by atoms with Gasteiger partial charge >= 0.3 is 0 Å². The Morgan fingerprint density at radius 3 is 2.50 bits per heavy atom. The summed E-state index contributed by atoms with van der Waals surface area (Å²) in [7, 11) is 0. The van der Waals surface area contributed by atoms with Gasteiger partial charge in [0.1, 0.15) is 6.33 Å². The zero-order chi connectivity index (χ0) is 21.1. The molecule has 148 valence electrons. The van der Waals surface area contributed by atoms with Crippen LogP contribution in [0.1, 0.15) is 25.0 Å². The summed E-state index contributed by atoms with van der Waals surface area (Å²) in [6.45, 7) is 3.74. The zero-order valence-electron chi connectivity index (χ0n) is 16.8. The highest BCUT2D eigenvalue weighted by molar-refractivity contribution is 5.92. The number of benzene rings is 2. The van der Waals surface area contributed by atoms with Gasteiger partial charge in [0.15, 0.2) is 5.65 Å². The number of anilines is 1. The minimum atomic E-state index is -0.553. The van der Waals surface area contributed by atoms with Gasteiger partial charge in [-0.3, -0.25) is 4.79 Å². The summed E-state index contributed by atoms with van der Waals surface area (Å²) >= 11 is 0. The molecular weight excluding hydrogens is 374 g/mol. The number of rotatable bonds is 5. The number of pyridine rings is 1. The van der Waals surface area contributed by atoms with Gasteiger partial charge in [-0.1, -0.05) is 36.4 Å². The van der Waals surface area contributed by atoms with E-state index in [0.29, 0.717) is 0 Å². The SMILES string of the molecule is CC(C)(C#N)c1ccc(NC(=O)Cc2ccc(-c3ccn4ncnc4c3)cc2)cc1. The van der Waals surface area contributed by atoms with Gasteiger partial charge < -0.3 is 5.32 Å². The fraction of sp³-hybridized carbons (Fsp3) is 0.167. The van der Waals surface area contributed by atoms with E-state index in [9.17, 15) is 10.1 Å². The van der Waals surface area contributed by atoms with Gasteiger partial charge in [-0.25, -0.2) is 9.50 Å². The van der Waals surface area contributed by atoms with E-state index in [-0.39, 0.29) is 12.3 Å². The van der Waals surface area contributed by atoms with Crippen molar-refractivity contribution in [2.24, 2.45) is 0 Å². The van der Waals surface area contributed by atoms with Crippen LogP contribution in [0.4, 0.5) is 5.69 Å². The normalized spacial score (nSPS) is 11.2. The molecule has 0 unspecified atom stereocenters. The average molecular weight is 395 g/mol. The number of nitrogens with zero attached hydrogens (tertiary/aromatic N) is 4. The van der Waals surface area contributed by atoms with Crippen molar-refractivity contribution in [1.82, 2.24) is 14.6 Å². The smallest absolute Gasteiger partial charge is 0.228 e. The number of nitrogens with one attached hydrogen (secondary N) is 1. The first-order chi connectivity index (χ1) is 14.4. The van der Waals surface area contributed by atoms with Crippen LogP contribution in [0.15, 0.2) is 73.2 Å². The Hall–Kier alpha value is -3.98. The highest BCUT2D eigenvalue weighted by Crippen LogP contribution is 2.24. The number of hydrogen-bond acceptors (Lipinski definition) is 4. The van der Waals surface area contributed by atoms with Crippen LogP contribution in [0, 0.1) is 11.3 Å². The molecule has 0 radical (unpaired) electrons. The molecule has 6 heteroatoms. The second-order valence-electron chi connectivity index (χ2n) is 7.71. The largest absolute Gasteiger partial charge is 0.326 e. The van der Waals surface area contributed by atoms with E-state index in [1.54, 1.807) is 4.52 Å². The third-order valence-electron chi connectivity index (χ3n) is 5.10. The Balaban J connectivity index is 1.40. The lowest BCUT2D eigenvalue weighted by atomic mass is 9.86. The minimum Gasteiger partial charge on any atom is -0.326 e. The van der Waals surface area contributed by atoms with E-state index in [0.717, 1.165) is 33.6 Å². The first-order valence-electron chi connectivity index (χ1n) is 9.65. The summed E-state index contributed by atoms with van der Waals surface area (Å²) in [5, 5.41) is 16.2. The molecule has 1 N–H and O–H groups in total. The molecule has 2 aromatic heterocycles. The number of hydrogen-bond donors (Lipinski definition) is 1. The molecule has 2 heterocycles. The van der Waals surface area contributed by atoms with Crippen molar-refractivity contribution in [3.05, 3.63) is 84.3 Å². The lowest BCUT2D eigenvalue weighted by Crippen LogP contribution is -2.16. The summed E-state index contributed by atoms with van der Waals surface area (Å²) < 4.78 is 1.72. The van der Waals surface area contributed by atoms with Gasteiger partial charge in [-0.15, -0.1) is 0 Å². The molecule has 30 heavy (non-hydrogen) atoms. The van der Waals surface area contributed by atoms with Crippen molar-refractivity contribution in [1.29, 1.82) is 5.26 Å². The number of carbonyl (C=O) groups excluding carboxylic acids is 1. The van der Waals surface area contributed by atoms with Crippen molar-refractivity contribution in [2.75, 3.05) is 5.32 Å². The molecular formula is C24H21N5O. The molecule has 0 aliphatic carbocycles. The van der Waals surface area contributed by atoms with Crippen LogP contribution in [-0.4, -0.2) is 20.5 Å². The maximum Gasteiger partial charge on any atom is 0.228 e. The van der Waals surface area contributed by atoms with Gasteiger partial charge in [0, 0.05) is 11.9 Å². The van der Waals surface area contributed by atoms with E-state index in [2.05, 4.69) is 21.5 Å². The Morgan fingerprint density at radius 2 is 1.80 bits per heavy atom. The van der Waals surface area contributed by atoms with Crippen molar-refractivity contribution >= 4 is 17.2 Å². The lowest BCUT2D eigenvalue weighted by molar-refractivity contribution is -0.115. The molecule has 0 saturated heterocycles. The van der Waals surface area contributed by atoms with E-state index in [1.807, 2.05) is 80.7 Å². The molecule has 0 saturated carbocycles. The van der Waals surface area contributed by atoms with Crippen molar-refractivity contribution < 1.29 is 4.79 Å². The highest BCUT2D eigenvalue weighted by atomic mass is 16.1. The minimum absolute atomic E-state index is 0.0834. The molecule has 2 aromatic carbocycles. The van der Waals surface area contributed by atoms with E-state index < -0.39 is 5.41 Å². The second-order valence-corrected chi connectivity index (χ2v) is 7.71. The number of aromatic nitrogens is 3. The summed E-state index contributed by atoms with van der Waals surface area (Å²) in [5.74, 6) is -0.0834.